The quantitative estimate of drug-likeness (QED) is 0.759. The third kappa shape index (κ3) is 5.43. The van der Waals surface area contributed by atoms with Gasteiger partial charge >= 0.3 is 6.09 Å². The molecule has 144 valence electrons. The molecule has 2 aromatic rings. The molecule has 1 fully saturated rings. The summed E-state index contributed by atoms with van der Waals surface area (Å²) in [6.07, 6.45) is -0.0477. The zero-order valence-electron chi connectivity index (χ0n) is 15.3. The van der Waals surface area contributed by atoms with Crippen LogP contribution >= 0.6 is 11.3 Å². The maximum absolute atomic E-state index is 12.5. The van der Waals surface area contributed by atoms with Gasteiger partial charge < -0.3 is 19.3 Å². The Hall–Kier alpha value is -2.61. The van der Waals surface area contributed by atoms with Crippen LogP contribution in [0.1, 0.15) is 17.6 Å². The van der Waals surface area contributed by atoms with E-state index in [1.54, 1.807) is 16.7 Å². The fraction of sp³-hybridized carbons (Fsp3) is 0.421. The summed E-state index contributed by atoms with van der Waals surface area (Å²) >= 11 is 1.49. The molecule has 0 saturated carbocycles. The minimum atomic E-state index is -0.313. The highest BCUT2D eigenvalue weighted by atomic mass is 32.1. The predicted octanol–water partition coefficient (Wildman–Crippen LogP) is 2.57. The lowest BCUT2D eigenvalue weighted by Gasteiger charge is -2.34. The summed E-state index contributed by atoms with van der Waals surface area (Å²) in [5.41, 5.74) is 0.754. The van der Waals surface area contributed by atoms with Crippen molar-refractivity contribution in [2.75, 3.05) is 32.8 Å². The van der Waals surface area contributed by atoms with Crippen LogP contribution in [-0.4, -0.2) is 59.6 Å². The number of amides is 2. The van der Waals surface area contributed by atoms with E-state index in [1.165, 1.54) is 11.3 Å². The van der Waals surface area contributed by atoms with E-state index in [0.717, 1.165) is 16.5 Å². The van der Waals surface area contributed by atoms with Crippen molar-refractivity contribution in [1.29, 1.82) is 0 Å². The zero-order valence-corrected chi connectivity index (χ0v) is 16.1. The number of thiazole rings is 1. The van der Waals surface area contributed by atoms with E-state index < -0.39 is 0 Å². The van der Waals surface area contributed by atoms with Gasteiger partial charge in [0.25, 0.3) is 0 Å². The lowest BCUT2D eigenvalue weighted by atomic mass is 10.2. The largest absolute Gasteiger partial charge is 0.486 e. The first kappa shape index (κ1) is 19.2. The molecule has 0 radical (unpaired) electrons. The number of ether oxygens (including phenoxy) is 2. The normalized spacial score (nSPS) is 14.1. The molecule has 2 heterocycles. The second-order valence-corrected chi connectivity index (χ2v) is 7.02. The molecule has 0 N–H and O–H groups in total. The van der Waals surface area contributed by atoms with Crippen molar-refractivity contribution in [3.05, 3.63) is 46.4 Å². The highest BCUT2D eigenvalue weighted by Gasteiger charge is 2.25. The average Bonchev–Trinajstić information content (AvgIpc) is 3.15. The van der Waals surface area contributed by atoms with E-state index in [1.807, 2.05) is 35.7 Å². The fourth-order valence-electron chi connectivity index (χ4n) is 2.78. The molecule has 0 spiro atoms. The monoisotopic (exact) mass is 389 g/mol. The molecule has 0 bridgehead atoms. The molecule has 1 saturated heterocycles. The molecule has 0 unspecified atom stereocenters. The van der Waals surface area contributed by atoms with E-state index in [9.17, 15) is 9.59 Å². The second-order valence-electron chi connectivity index (χ2n) is 6.08. The molecular weight excluding hydrogens is 366 g/mol. The van der Waals surface area contributed by atoms with E-state index >= 15 is 0 Å². The van der Waals surface area contributed by atoms with Crippen LogP contribution in [0.4, 0.5) is 4.79 Å². The standard InChI is InChI=1S/C19H23N3O4S/c1-2-25-19(24)22-10-8-21(9-11-22)18(23)12-15-14-27-17(20-15)13-26-16-6-4-3-5-7-16/h3-7,14H,2,8-13H2,1H3. The summed E-state index contributed by atoms with van der Waals surface area (Å²) in [5, 5.41) is 2.74. The van der Waals surface area contributed by atoms with Crippen LogP contribution in [0.3, 0.4) is 0 Å². The lowest BCUT2D eigenvalue weighted by molar-refractivity contribution is -0.132. The maximum atomic E-state index is 12.5. The number of aromatic nitrogens is 1. The first-order valence-electron chi connectivity index (χ1n) is 8.96. The highest BCUT2D eigenvalue weighted by molar-refractivity contribution is 7.09. The Morgan fingerprint density at radius 1 is 1.11 bits per heavy atom. The van der Waals surface area contributed by atoms with Crippen molar-refractivity contribution in [2.45, 2.75) is 20.0 Å². The van der Waals surface area contributed by atoms with Gasteiger partial charge in [-0.3, -0.25) is 4.79 Å². The molecule has 8 heteroatoms. The summed E-state index contributed by atoms with van der Waals surface area (Å²) < 4.78 is 10.7. The van der Waals surface area contributed by atoms with Gasteiger partial charge in [0, 0.05) is 31.6 Å². The fourth-order valence-corrected chi connectivity index (χ4v) is 3.48. The maximum Gasteiger partial charge on any atom is 0.409 e. The Balaban J connectivity index is 1.45. The van der Waals surface area contributed by atoms with Gasteiger partial charge in [-0.05, 0) is 19.1 Å². The van der Waals surface area contributed by atoms with E-state index in [0.29, 0.717) is 39.4 Å². The topological polar surface area (TPSA) is 72.0 Å². The second kappa shape index (κ2) is 9.36. The van der Waals surface area contributed by atoms with Gasteiger partial charge in [-0.2, -0.15) is 0 Å². The Kier molecular flexibility index (Phi) is 6.64. The number of hydrogen-bond acceptors (Lipinski definition) is 6. The number of nitrogens with zero attached hydrogens (tertiary/aromatic N) is 3. The minimum Gasteiger partial charge on any atom is -0.486 e. The van der Waals surface area contributed by atoms with Crippen LogP contribution in [0, 0.1) is 0 Å². The number of para-hydroxylation sites is 1. The smallest absolute Gasteiger partial charge is 0.409 e. The Morgan fingerprint density at radius 3 is 2.52 bits per heavy atom. The summed E-state index contributed by atoms with van der Waals surface area (Å²) in [6, 6.07) is 9.57. The van der Waals surface area contributed by atoms with Crippen molar-refractivity contribution in [3.63, 3.8) is 0 Å². The van der Waals surface area contributed by atoms with Crippen LogP contribution in [0.25, 0.3) is 0 Å². The van der Waals surface area contributed by atoms with Gasteiger partial charge in [0.1, 0.15) is 17.4 Å². The Bertz CT molecular complexity index is 757. The van der Waals surface area contributed by atoms with Crippen LogP contribution < -0.4 is 4.74 Å². The van der Waals surface area contributed by atoms with Crippen molar-refractivity contribution in [1.82, 2.24) is 14.8 Å². The number of benzene rings is 1. The van der Waals surface area contributed by atoms with E-state index in [-0.39, 0.29) is 18.4 Å². The molecule has 1 aromatic heterocycles. The van der Waals surface area contributed by atoms with Crippen molar-refractivity contribution < 1.29 is 19.1 Å². The molecule has 7 nitrogen and oxygen atoms in total. The molecular formula is C19H23N3O4S. The summed E-state index contributed by atoms with van der Waals surface area (Å²) in [6.45, 7) is 4.57. The molecule has 0 atom stereocenters. The number of piperazine rings is 1. The first-order valence-corrected chi connectivity index (χ1v) is 9.84. The number of hydrogen-bond donors (Lipinski definition) is 0. The Morgan fingerprint density at radius 2 is 1.81 bits per heavy atom. The number of rotatable bonds is 6. The van der Waals surface area contributed by atoms with Gasteiger partial charge in [0.05, 0.1) is 18.7 Å². The third-order valence-electron chi connectivity index (χ3n) is 4.20. The van der Waals surface area contributed by atoms with E-state index in [4.69, 9.17) is 9.47 Å². The lowest BCUT2D eigenvalue weighted by Crippen LogP contribution is -2.51. The molecule has 0 aliphatic carbocycles. The van der Waals surface area contributed by atoms with Gasteiger partial charge in [0.2, 0.25) is 5.91 Å². The molecule has 1 aliphatic rings. The Labute approximate surface area is 162 Å². The van der Waals surface area contributed by atoms with Crippen LogP contribution in [0.2, 0.25) is 0 Å². The van der Waals surface area contributed by atoms with Crippen LogP contribution in [-0.2, 0) is 22.6 Å². The zero-order chi connectivity index (χ0) is 19.1. The van der Waals surface area contributed by atoms with Crippen LogP contribution in [0.15, 0.2) is 35.7 Å². The minimum absolute atomic E-state index is 0.0272. The molecule has 1 aromatic carbocycles. The van der Waals surface area contributed by atoms with Gasteiger partial charge in [-0.1, -0.05) is 18.2 Å². The third-order valence-corrected chi connectivity index (χ3v) is 5.07. The van der Waals surface area contributed by atoms with Crippen molar-refractivity contribution in [2.24, 2.45) is 0 Å². The SMILES string of the molecule is CCOC(=O)N1CCN(C(=O)Cc2csc(COc3ccccc3)n2)CC1. The number of carbonyl (C=O) groups excluding carboxylic acids is 2. The van der Waals surface area contributed by atoms with Gasteiger partial charge in [-0.15, -0.1) is 11.3 Å². The summed E-state index contributed by atoms with van der Waals surface area (Å²) in [4.78, 5) is 32.1. The average molecular weight is 389 g/mol. The van der Waals surface area contributed by atoms with Crippen molar-refractivity contribution >= 4 is 23.3 Å². The van der Waals surface area contributed by atoms with Gasteiger partial charge in [0.15, 0.2) is 0 Å². The van der Waals surface area contributed by atoms with Crippen molar-refractivity contribution in [3.8, 4) is 5.75 Å². The summed E-state index contributed by atoms with van der Waals surface area (Å²) in [5.74, 6) is 0.823. The number of carbonyl (C=O) groups is 2. The molecule has 3 rings (SSSR count). The predicted molar refractivity (Wildman–Crippen MR) is 102 cm³/mol. The highest BCUT2D eigenvalue weighted by Crippen LogP contribution is 2.16. The van der Waals surface area contributed by atoms with Crippen LogP contribution in [0.5, 0.6) is 5.75 Å². The van der Waals surface area contributed by atoms with Gasteiger partial charge in [-0.25, -0.2) is 9.78 Å². The molecule has 27 heavy (non-hydrogen) atoms. The molecule has 1 aliphatic heterocycles. The first-order chi connectivity index (χ1) is 13.2. The summed E-state index contributed by atoms with van der Waals surface area (Å²) in [7, 11) is 0. The van der Waals surface area contributed by atoms with E-state index in [2.05, 4.69) is 4.98 Å². The molecule has 2 amide bonds.